The Hall–Kier alpha value is -3.43. The largest absolute Gasteiger partial charge is 0.491 e. The summed E-state index contributed by atoms with van der Waals surface area (Å²) in [4.78, 5) is 28.2. The van der Waals surface area contributed by atoms with Gasteiger partial charge in [-0.15, -0.1) is 0 Å². The summed E-state index contributed by atoms with van der Waals surface area (Å²) in [5.74, 6) is -0.419. The maximum atomic E-state index is 14.2. The van der Waals surface area contributed by atoms with Crippen molar-refractivity contribution in [3.8, 4) is 22.6 Å². The van der Waals surface area contributed by atoms with Gasteiger partial charge in [-0.2, -0.15) is 13.2 Å². The summed E-state index contributed by atoms with van der Waals surface area (Å²) in [6.45, 7) is 8.77. The van der Waals surface area contributed by atoms with Gasteiger partial charge in [-0.05, 0) is 74.6 Å². The number of esters is 1. The van der Waals surface area contributed by atoms with Crippen molar-refractivity contribution < 1.29 is 37.0 Å². The second-order valence-electron chi connectivity index (χ2n) is 11.0. The van der Waals surface area contributed by atoms with Gasteiger partial charge in [0.15, 0.2) is 0 Å². The van der Waals surface area contributed by atoms with Crippen LogP contribution in [0.4, 0.5) is 23.7 Å². The molecular weight excluding hydrogens is 501 g/mol. The number of anilines is 1. The lowest BCUT2D eigenvalue weighted by Crippen LogP contribution is -2.49. The first-order valence-electron chi connectivity index (χ1n) is 12.8. The molecule has 1 amide bonds. The van der Waals surface area contributed by atoms with Crippen molar-refractivity contribution in [1.82, 2.24) is 4.90 Å². The molecule has 38 heavy (non-hydrogen) atoms. The number of hydrogen-bond donors (Lipinski definition) is 0. The molecule has 1 fully saturated rings. The van der Waals surface area contributed by atoms with E-state index in [1.54, 1.807) is 17.0 Å². The van der Waals surface area contributed by atoms with Crippen molar-refractivity contribution >= 4 is 17.7 Å². The Kier molecular flexibility index (Phi) is 6.47. The van der Waals surface area contributed by atoms with Crippen molar-refractivity contribution in [1.29, 1.82) is 0 Å². The highest BCUT2D eigenvalue weighted by molar-refractivity contribution is 5.81. The highest BCUT2D eigenvalue weighted by Gasteiger charge is 2.46. The quantitative estimate of drug-likeness (QED) is 0.350. The first kappa shape index (κ1) is 26.2. The zero-order valence-corrected chi connectivity index (χ0v) is 21.9. The van der Waals surface area contributed by atoms with E-state index in [1.807, 2.05) is 20.8 Å². The molecule has 0 saturated carbocycles. The molecular formula is C28H31F3N2O5. The van der Waals surface area contributed by atoms with E-state index in [9.17, 15) is 22.8 Å². The van der Waals surface area contributed by atoms with E-state index < -0.39 is 29.4 Å². The Morgan fingerprint density at radius 3 is 2.53 bits per heavy atom. The van der Waals surface area contributed by atoms with Crippen LogP contribution in [0.25, 0.3) is 11.1 Å². The summed E-state index contributed by atoms with van der Waals surface area (Å²) in [5.41, 5.74) is 0.566. The molecule has 0 radical (unpaired) electrons. The molecule has 0 N–H and O–H groups in total. The number of carbonyl (C=O) groups is 2. The molecule has 0 bridgehead atoms. The molecule has 0 spiro atoms. The van der Waals surface area contributed by atoms with Crippen LogP contribution < -0.4 is 14.4 Å². The van der Waals surface area contributed by atoms with Crippen LogP contribution in [0.2, 0.25) is 0 Å². The smallest absolute Gasteiger partial charge is 0.417 e. The third-order valence-corrected chi connectivity index (χ3v) is 7.09. The number of amides is 1. The number of piperidine rings is 1. The minimum absolute atomic E-state index is 0.0323. The number of alkyl halides is 3. The summed E-state index contributed by atoms with van der Waals surface area (Å²) in [7, 11) is 0. The van der Waals surface area contributed by atoms with Crippen molar-refractivity contribution in [2.75, 3.05) is 31.1 Å². The first-order chi connectivity index (χ1) is 17.8. The van der Waals surface area contributed by atoms with Gasteiger partial charge in [0.25, 0.3) is 0 Å². The molecule has 10 heteroatoms. The standard InChI is InChI=1S/C28H31F3N2O5/c1-16(34)37-18-6-7-19(22(14-18)28(29,30)31)17-12-20-21-15-32(26(35)38-27(2,3)4)10-8-23(21)33-9-5-11-36-24(13-17)25(20)33/h6-7,12-14,21,23H,5,8-11,15H2,1-4H3/t21-,23-/m0/s1. The monoisotopic (exact) mass is 532 g/mol. The summed E-state index contributed by atoms with van der Waals surface area (Å²) in [5, 5.41) is 0. The predicted molar refractivity (Wildman–Crippen MR) is 135 cm³/mol. The lowest BCUT2D eigenvalue weighted by Gasteiger charge is -2.39. The molecule has 0 unspecified atom stereocenters. The first-order valence-corrected chi connectivity index (χ1v) is 12.8. The molecule has 2 aromatic carbocycles. The molecule has 3 aliphatic rings. The van der Waals surface area contributed by atoms with Crippen LogP contribution in [0.5, 0.6) is 11.5 Å². The van der Waals surface area contributed by atoms with E-state index in [4.69, 9.17) is 14.2 Å². The molecule has 2 atom stereocenters. The summed E-state index contributed by atoms with van der Waals surface area (Å²) >= 11 is 0. The Bertz CT molecular complexity index is 1270. The fourth-order valence-corrected chi connectivity index (χ4v) is 5.70. The third kappa shape index (κ3) is 5.00. The number of benzene rings is 2. The fourth-order valence-electron chi connectivity index (χ4n) is 5.70. The van der Waals surface area contributed by atoms with Gasteiger partial charge in [0, 0.05) is 38.5 Å². The molecule has 0 aliphatic carbocycles. The van der Waals surface area contributed by atoms with Crippen LogP contribution in [-0.2, 0) is 15.7 Å². The van der Waals surface area contributed by atoms with E-state index >= 15 is 0 Å². The number of carbonyl (C=O) groups excluding carboxylic acids is 2. The molecule has 5 rings (SSSR count). The van der Waals surface area contributed by atoms with Crippen molar-refractivity contribution in [2.45, 2.75) is 64.3 Å². The molecule has 1 saturated heterocycles. The van der Waals surface area contributed by atoms with Gasteiger partial charge in [0.05, 0.1) is 17.9 Å². The Balaban J connectivity index is 1.58. The van der Waals surface area contributed by atoms with Crippen LogP contribution in [0.3, 0.4) is 0 Å². The average Bonchev–Trinajstić information content (AvgIpc) is 2.96. The normalized spacial score (nSPS) is 20.7. The van der Waals surface area contributed by atoms with Gasteiger partial charge in [-0.1, -0.05) is 6.07 Å². The van der Waals surface area contributed by atoms with E-state index in [2.05, 4.69) is 4.90 Å². The van der Waals surface area contributed by atoms with Crippen LogP contribution in [0.15, 0.2) is 30.3 Å². The maximum Gasteiger partial charge on any atom is 0.417 e. The minimum Gasteiger partial charge on any atom is -0.491 e. The Morgan fingerprint density at radius 1 is 1.08 bits per heavy atom. The maximum absolute atomic E-state index is 14.2. The fraction of sp³-hybridized carbons (Fsp3) is 0.500. The lowest BCUT2D eigenvalue weighted by atomic mass is 9.87. The van der Waals surface area contributed by atoms with Gasteiger partial charge in [0.1, 0.15) is 17.1 Å². The van der Waals surface area contributed by atoms with Gasteiger partial charge in [0.2, 0.25) is 0 Å². The topological polar surface area (TPSA) is 68.3 Å². The Morgan fingerprint density at radius 2 is 1.84 bits per heavy atom. The van der Waals surface area contributed by atoms with Crippen molar-refractivity contribution in [2.24, 2.45) is 0 Å². The molecule has 7 nitrogen and oxygen atoms in total. The number of hydrogen-bond acceptors (Lipinski definition) is 6. The second kappa shape index (κ2) is 9.39. The van der Waals surface area contributed by atoms with E-state index in [-0.39, 0.29) is 23.3 Å². The van der Waals surface area contributed by atoms with Gasteiger partial charge >= 0.3 is 18.2 Å². The number of halogens is 3. The molecule has 3 aliphatic heterocycles. The SMILES string of the molecule is CC(=O)Oc1ccc(-c2cc3c4c(c2)[C@@H]2CN(C(=O)OC(C)(C)C)CC[C@@H]2N4CCCO3)c(C(F)(F)F)c1. The zero-order chi connectivity index (χ0) is 27.4. The van der Waals surface area contributed by atoms with Gasteiger partial charge < -0.3 is 24.0 Å². The highest BCUT2D eigenvalue weighted by Crippen LogP contribution is 2.52. The summed E-state index contributed by atoms with van der Waals surface area (Å²) in [6, 6.07) is 7.11. The minimum atomic E-state index is -4.67. The van der Waals surface area contributed by atoms with Crippen molar-refractivity contribution in [3.05, 3.63) is 41.5 Å². The van der Waals surface area contributed by atoms with E-state index in [0.29, 0.717) is 31.0 Å². The van der Waals surface area contributed by atoms with E-state index in [1.165, 1.54) is 12.1 Å². The van der Waals surface area contributed by atoms with Crippen LogP contribution in [0, 0.1) is 0 Å². The van der Waals surface area contributed by atoms with Crippen LogP contribution >= 0.6 is 0 Å². The summed E-state index contributed by atoms with van der Waals surface area (Å²) in [6.07, 6.45) is -3.56. The Labute approximate surface area is 219 Å². The average molecular weight is 533 g/mol. The predicted octanol–water partition coefficient (Wildman–Crippen LogP) is 5.99. The van der Waals surface area contributed by atoms with Crippen molar-refractivity contribution in [3.63, 3.8) is 0 Å². The molecule has 0 aromatic heterocycles. The zero-order valence-electron chi connectivity index (χ0n) is 21.9. The number of nitrogens with zero attached hydrogens (tertiary/aromatic N) is 2. The highest BCUT2D eigenvalue weighted by atomic mass is 19.4. The number of fused-ring (bicyclic) bond motifs is 3. The third-order valence-electron chi connectivity index (χ3n) is 7.09. The molecule has 3 heterocycles. The number of rotatable bonds is 2. The van der Waals surface area contributed by atoms with Gasteiger partial charge in [-0.3, -0.25) is 4.79 Å². The van der Waals surface area contributed by atoms with E-state index in [0.717, 1.165) is 43.6 Å². The lowest BCUT2D eigenvalue weighted by molar-refractivity contribution is -0.138. The number of likely N-dealkylation sites (tertiary alicyclic amines) is 1. The summed E-state index contributed by atoms with van der Waals surface area (Å²) < 4.78 is 59.0. The van der Waals surface area contributed by atoms with Crippen LogP contribution in [-0.4, -0.2) is 54.8 Å². The van der Waals surface area contributed by atoms with Gasteiger partial charge in [-0.25, -0.2) is 4.79 Å². The molecule has 204 valence electrons. The number of ether oxygens (including phenoxy) is 3. The second-order valence-corrected chi connectivity index (χ2v) is 11.0. The van der Waals surface area contributed by atoms with Crippen LogP contribution in [0.1, 0.15) is 57.6 Å². The molecule has 2 aromatic rings.